The normalized spacial score (nSPS) is 13.3. The van der Waals surface area contributed by atoms with Crippen molar-refractivity contribution in [1.29, 1.82) is 0 Å². The molecule has 1 aliphatic carbocycles. The number of para-hydroxylation sites is 2. The molecule has 0 unspecified atom stereocenters. The number of anilines is 3. The van der Waals surface area contributed by atoms with Gasteiger partial charge in [-0.15, -0.1) is 10.2 Å². The number of hydrogen-bond donors (Lipinski definition) is 0. The Morgan fingerprint density at radius 3 is 2.04 bits per heavy atom. The molecule has 0 N–H and O–H groups in total. The van der Waals surface area contributed by atoms with Crippen LogP contribution in [0.1, 0.15) is 25.0 Å². The quantitative estimate of drug-likeness (QED) is 0.195. The largest absolute Gasteiger partial charge is 0.310 e. The minimum absolute atomic E-state index is 0.0742. The van der Waals surface area contributed by atoms with Gasteiger partial charge in [0.1, 0.15) is 11.0 Å². The van der Waals surface area contributed by atoms with Crippen LogP contribution in [0.25, 0.3) is 49.4 Å². The molecule has 4 nitrogen and oxygen atoms in total. The maximum Gasteiger partial charge on any atom is 0.122 e. The van der Waals surface area contributed by atoms with E-state index >= 15 is 0 Å². The standard InChI is InChI=1S/C41H30N4/c1-41(2)36-16-10-9-15-34(36)35-23-21-32(26-37(35)41)44(29-11-5-3-6-12-29)31-20-22-33-28(25-31)18-17-27-19-24-38-40(39(27)33)43-45(42-38)30-13-7-4-8-14-30/h3-26H,1-2H3. The highest BCUT2D eigenvalue weighted by atomic mass is 15.5. The maximum atomic E-state index is 4.97. The van der Waals surface area contributed by atoms with Gasteiger partial charge in [-0.1, -0.05) is 105 Å². The Morgan fingerprint density at radius 2 is 1.20 bits per heavy atom. The fourth-order valence-corrected chi connectivity index (χ4v) is 7.19. The van der Waals surface area contributed by atoms with Gasteiger partial charge in [0, 0.05) is 27.9 Å². The van der Waals surface area contributed by atoms with Gasteiger partial charge >= 0.3 is 0 Å². The summed E-state index contributed by atoms with van der Waals surface area (Å²) in [5.41, 5.74) is 11.5. The molecular formula is C41H30N4. The predicted molar refractivity (Wildman–Crippen MR) is 186 cm³/mol. The third kappa shape index (κ3) is 3.92. The van der Waals surface area contributed by atoms with Gasteiger partial charge in [0.05, 0.1) is 5.69 Å². The van der Waals surface area contributed by atoms with Gasteiger partial charge in [0.2, 0.25) is 0 Å². The first-order valence-electron chi connectivity index (χ1n) is 15.4. The van der Waals surface area contributed by atoms with Crippen molar-refractivity contribution in [2.45, 2.75) is 19.3 Å². The minimum atomic E-state index is -0.0742. The van der Waals surface area contributed by atoms with Gasteiger partial charge < -0.3 is 4.90 Å². The fourth-order valence-electron chi connectivity index (χ4n) is 7.19. The van der Waals surface area contributed by atoms with Gasteiger partial charge in [-0.25, -0.2) is 0 Å². The van der Waals surface area contributed by atoms with Crippen molar-refractivity contribution in [1.82, 2.24) is 15.0 Å². The lowest BCUT2D eigenvalue weighted by Crippen LogP contribution is -2.16. The zero-order valence-electron chi connectivity index (χ0n) is 25.1. The van der Waals surface area contributed by atoms with Crippen molar-refractivity contribution < 1.29 is 0 Å². The second-order valence-electron chi connectivity index (χ2n) is 12.4. The number of aromatic nitrogens is 3. The zero-order chi connectivity index (χ0) is 30.1. The Hall–Kier alpha value is -5.74. The molecular weight excluding hydrogens is 548 g/mol. The number of benzene rings is 7. The lowest BCUT2D eigenvalue weighted by atomic mass is 9.82. The molecule has 0 amide bonds. The number of hydrogen-bond acceptors (Lipinski definition) is 3. The summed E-state index contributed by atoms with van der Waals surface area (Å²) < 4.78 is 0. The van der Waals surface area contributed by atoms with Crippen LogP contribution in [0, 0.1) is 0 Å². The van der Waals surface area contributed by atoms with Crippen LogP contribution in [0.4, 0.5) is 17.1 Å². The van der Waals surface area contributed by atoms with Crippen LogP contribution >= 0.6 is 0 Å². The number of rotatable bonds is 4. The van der Waals surface area contributed by atoms with Gasteiger partial charge in [0.15, 0.2) is 0 Å². The Balaban J connectivity index is 1.22. The molecule has 9 rings (SSSR count). The van der Waals surface area contributed by atoms with E-state index in [-0.39, 0.29) is 5.41 Å². The van der Waals surface area contributed by atoms with Crippen LogP contribution in [0.3, 0.4) is 0 Å². The minimum Gasteiger partial charge on any atom is -0.310 e. The predicted octanol–water partition coefficient (Wildman–Crippen LogP) is 10.5. The molecule has 1 aromatic heterocycles. The van der Waals surface area contributed by atoms with E-state index in [9.17, 15) is 0 Å². The van der Waals surface area contributed by atoms with Crippen molar-refractivity contribution in [3.8, 4) is 16.8 Å². The first-order chi connectivity index (χ1) is 22.1. The monoisotopic (exact) mass is 578 g/mol. The molecule has 214 valence electrons. The van der Waals surface area contributed by atoms with Crippen molar-refractivity contribution in [3.05, 3.63) is 157 Å². The summed E-state index contributed by atoms with van der Waals surface area (Å²) in [5, 5.41) is 14.4. The molecule has 4 heteroatoms. The molecule has 0 fully saturated rings. The topological polar surface area (TPSA) is 34.0 Å². The molecule has 1 aliphatic rings. The molecule has 0 saturated carbocycles. The third-order valence-corrected chi connectivity index (χ3v) is 9.42. The summed E-state index contributed by atoms with van der Waals surface area (Å²) in [7, 11) is 0. The van der Waals surface area contributed by atoms with Crippen molar-refractivity contribution >= 4 is 49.6 Å². The van der Waals surface area contributed by atoms with Crippen LogP contribution in [0.2, 0.25) is 0 Å². The van der Waals surface area contributed by atoms with E-state index in [1.165, 1.54) is 27.6 Å². The SMILES string of the molecule is CC1(C)c2ccccc2-c2ccc(N(c3ccccc3)c3ccc4c(ccc5ccc6nn(-c7ccccc7)nc6c54)c3)cc21. The van der Waals surface area contributed by atoms with Crippen molar-refractivity contribution in [2.24, 2.45) is 0 Å². The van der Waals surface area contributed by atoms with Crippen LogP contribution in [-0.4, -0.2) is 15.0 Å². The molecule has 0 radical (unpaired) electrons. The Bertz CT molecular complexity index is 2410. The highest BCUT2D eigenvalue weighted by Gasteiger charge is 2.35. The molecule has 0 atom stereocenters. The van der Waals surface area contributed by atoms with Crippen molar-refractivity contribution in [2.75, 3.05) is 4.90 Å². The van der Waals surface area contributed by atoms with E-state index in [0.717, 1.165) is 49.9 Å². The summed E-state index contributed by atoms with van der Waals surface area (Å²) in [6.45, 7) is 4.67. The average molecular weight is 579 g/mol. The molecule has 45 heavy (non-hydrogen) atoms. The van der Waals surface area contributed by atoms with Gasteiger partial charge in [0.25, 0.3) is 0 Å². The second-order valence-corrected chi connectivity index (χ2v) is 12.4. The summed E-state index contributed by atoms with van der Waals surface area (Å²) >= 11 is 0. The van der Waals surface area contributed by atoms with E-state index < -0.39 is 0 Å². The van der Waals surface area contributed by atoms with Crippen LogP contribution in [0.15, 0.2) is 146 Å². The Morgan fingerprint density at radius 1 is 0.533 bits per heavy atom. The number of fused-ring (bicyclic) bond motifs is 8. The summed E-state index contributed by atoms with van der Waals surface area (Å²) in [4.78, 5) is 4.11. The van der Waals surface area contributed by atoms with Gasteiger partial charge in [-0.3, -0.25) is 0 Å². The van der Waals surface area contributed by atoms with Gasteiger partial charge in [-0.2, -0.15) is 4.80 Å². The van der Waals surface area contributed by atoms with E-state index in [4.69, 9.17) is 10.2 Å². The number of nitrogens with zero attached hydrogens (tertiary/aromatic N) is 4. The first-order valence-corrected chi connectivity index (χ1v) is 15.4. The van der Waals surface area contributed by atoms with Crippen molar-refractivity contribution in [3.63, 3.8) is 0 Å². The van der Waals surface area contributed by atoms with E-state index in [1.807, 2.05) is 30.3 Å². The molecule has 0 spiro atoms. The van der Waals surface area contributed by atoms with Gasteiger partial charge in [-0.05, 0) is 93.0 Å². The third-order valence-electron chi connectivity index (χ3n) is 9.42. The fraction of sp³-hybridized carbons (Fsp3) is 0.0732. The zero-order valence-corrected chi connectivity index (χ0v) is 25.1. The Kier molecular flexibility index (Phi) is 5.51. The Labute approximate surface area is 261 Å². The molecule has 1 heterocycles. The highest BCUT2D eigenvalue weighted by molar-refractivity contribution is 6.18. The molecule has 0 bridgehead atoms. The van der Waals surface area contributed by atoms with E-state index in [0.29, 0.717) is 0 Å². The molecule has 0 aliphatic heterocycles. The van der Waals surface area contributed by atoms with Crippen LogP contribution in [-0.2, 0) is 5.41 Å². The first kappa shape index (κ1) is 25.7. The van der Waals surface area contributed by atoms with Crippen LogP contribution < -0.4 is 4.90 Å². The van der Waals surface area contributed by atoms with E-state index in [1.54, 1.807) is 4.80 Å². The van der Waals surface area contributed by atoms with Crippen LogP contribution in [0.5, 0.6) is 0 Å². The molecule has 7 aromatic carbocycles. The average Bonchev–Trinajstić information content (AvgIpc) is 3.63. The lowest BCUT2D eigenvalue weighted by molar-refractivity contribution is 0.660. The lowest BCUT2D eigenvalue weighted by Gasteiger charge is -2.28. The summed E-state index contributed by atoms with van der Waals surface area (Å²) in [6.07, 6.45) is 0. The second kappa shape index (κ2) is 9.63. The molecule has 8 aromatic rings. The summed E-state index contributed by atoms with van der Waals surface area (Å²) in [6, 6.07) is 51.9. The molecule has 0 saturated heterocycles. The summed E-state index contributed by atoms with van der Waals surface area (Å²) in [5.74, 6) is 0. The smallest absolute Gasteiger partial charge is 0.122 e. The maximum absolute atomic E-state index is 4.97. The highest BCUT2D eigenvalue weighted by Crippen LogP contribution is 2.50. The van der Waals surface area contributed by atoms with E-state index in [2.05, 4.69) is 134 Å².